The molecule has 1 aliphatic heterocycles. The summed E-state index contributed by atoms with van der Waals surface area (Å²) in [7, 11) is 3.14. The molecular formula is C12H19NO5. The van der Waals surface area contributed by atoms with Crippen molar-refractivity contribution < 1.29 is 23.8 Å². The van der Waals surface area contributed by atoms with Crippen molar-refractivity contribution in [3.05, 3.63) is 0 Å². The predicted molar refractivity (Wildman–Crippen MR) is 61.7 cm³/mol. The lowest BCUT2D eigenvalue weighted by atomic mass is 9.94. The predicted octanol–water partition coefficient (Wildman–Crippen LogP) is 1.00. The van der Waals surface area contributed by atoms with Crippen LogP contribution in [0.1, 0.15) is 19.3 Å². The van der Waals surface area contributed by atoms with Gasteiger partial charge in [-0.2, -0.15) is 0 Å². The van der Waals surface area contributed by atoms with Gasteiger partial charge in [0.2, 0.25) is 5.91 Å². The largest absolute Gasteiger partial charge is 0.447 e. The summed E-state index contributed by atoms with van der Waals surface area (Å²) in [5.41, 5.74) is 0. The monoisotopic (exact) mass is 257 g/mol. The first kappa shape index (κ1) is 13.3. The quantitative estimate of drug-likeness (QED) is 0.703. The lowest BCUT2D eigenvalue weighted by Gasteiger charge is -2.27. The zero-order valence-corrected chi connectivity index (χ0v) is 10.8. The van der Waals surface area contributed by atoms with E-state index < -0.39 is 6.09 Å². The summed E-state index contributed by atoms with van der Waals surface area (Å²) in [5, 5.41) is 0. The molecule has 0 aromatic rings. The zero-order valence-electron chi connectivity index (χ0n) is 10.8. The van der Waals surface area contributed by atoms with Crippen LogP contribution in [0, 0.1) is 11.8 Å². The summed E-state index contributed by atoms with van der Waals surface area (Å²) < 4.78 is 15.3. The lowest BCUT2D eigenvalue weighted by Crippen LogP contribution is -2.41. The number of carbonyl (C=O) groups is 2. The first-order valence-electron chi connectivity index (χ1n) is 6.22. The lowest BCUT2D eigenvalue weighted by molar-refractivity contribution is -0.157. The Labute approximate surface area is 106 Å². The molecule has 1 saturated carbocycles. The van der Waals surface area contributed by atoms with Gasteiger partial charge in [-0.15, -0.1) is 0 Å². The smallest absolute Gasteiger partial charge is 0.416 e. The number of ether oxygens (including phenoxy) is 3. The van der Waals surface area contributed by atoms with Gasteiger partial charge >= 0.3 is 6.09 Å². The summed E-state index contributed by atoms with van der Waals surface area (Å²) in [6.45, 7) is 0.644. The number of carbonyl (C=O) groups excluding carboxylic acids is 2. The SMILES string of the molecule is COC(OC)C1CCCC1C(=O)N1CCOC1=O. The summed E-state index contributed by atoms with van der Waals surface area (Å²) >= 11 is 0. The number of rotatable bonds is 4. The second-order valence-electron chi connectivity index (χ2n) is 4.65. The fourth-order valence-electron chi connectivity index (χ4n) is 2.86. The Balaban J connectivity index is 2.06. The Morgan fingerprint density at radius 2 is 2.11 bits per heavy atom. The number of methoxy groups -OCH3 is 2. The Kier molecular flexibility index (Phi) is 4.19. The summed E-state index contributed by atoms with van der Waals surface area (Å²) in [5.74, 6) is -0.347. The normalized spacial score (nSPS) is 27.9. The van der Waals surface area contributed by atoms with Crippen LogP contribution in [0.4, 0.5) is 4.79 Å². The first-order valence-corrected chi connectivity index (χ1v) is 6.22. The van der Waals surface area contributed by atoms with Gasteiger partial charge in [-0.25, -0.2) is 9.69 Å². The number of nitrogens with zero attached hydrogens (tertiary/aromatic N) is 1. The van der Waals surface area contributed by atoms with Crippen LogP contribution < -0.4 is 0 Å². The van der Waals surface area contributed by atoms with Gasteiger partial charge in [0.15, 0.2) is 6.29 Å². The molecule has 2 amide bonds. The van der Waals surface area contributed by atoms with Crippen molar-refractivity contribution in [2.45, 2.75) is 25.6 Å². The van der Waals surface area contributed by atoms with Gasteiger partial charge in [-0.3, -0.25) is 4.79 Å². The molecular weight excluding hydrogens is 238 g/mol. The third kappa shape index (κ3) is 2.35. The minimum Gasteiger partial charge on any atom is -0.447 e. The van der Waals surface area contributed by atoms with Gasteiger partial charge in [-0.05, 0) is 12.8 Å². The molecule has 1 heterocycles. The average molecular weight is 257 g/mol. The van der Waals surface area contributed by atoms with Gasteiger partial charge in [0.25, 0.3) is 0 Å². The molecule has 6 nitrogen and oxygen atoms in total. The van der Waals surface area contributed by atoms with E-state index in [-0.39, 0.29) is 24.0 Å². The number of amides is 2. The Morgan fingerprint density at radius 3 is 2.67 bits per heavy atom. The third-order valence-corrected chi connectivity index (χ3v) is 3.73. The van der Waals surface area contributed by atoms with Gasteiger partial charge in [0.1, 0.15) is 6.61 Å². The van der Waals surface area contributed by atoms with E-state index in [9.17, 15) is 9.59 Å². The van der Waals surface area contributed by atoms with Gasteiger partial charge in [0.05, 0.1) is 6.54 Å². The van der Waals surface area contributed by atoms with Crippen molar-refractivity contribution in [1.82, 2.24) is 4.90 Å². The molecule has 2 fully saturated rings. The third-order valence-electron chi connectivity index (χ3n) is 3.73. The number of hydrogen-bond acceptors (Lipinski definition) is 5. The fourth-order valence-corrected chi connectivity index (χ4v) is 2.86. The molecule has 1 saturated heterocycles. The molecule has 0 spiro atoms. The minimum absolute atomic E-state index is 0.0147. The molecule has 2 rings (SSSR count). The van der Waals surface area contributed by atoms with Gasteiger partial charge < -0.3 is 14.2 Å². The molecule has 2 aliphatic rings. The minimum atomic E-state index is -0.531. The zero-order chi connectivity index (χ0) is 13.1. The average Bonchev–Trinajstić information content (AvgIpc) is 2.99. The van der Waals surface area contributed by atoms with Crippen LogP contribution in [-0.2, 0) is 19.0 Å². The number of imide groups is 1. The van der Waals surface area contributed by atoms with E-state index in [1.54, 1.807) is 14.2 Å². The maximum atomic E-state index is 12.3. The Bertz CT molecular complexity index is 328. The molecule has 102 valence electrons. The van der Waals surface area contributed by atoms with E-state index in [1.807, 2.05) is 0 Å². The molecule has 6 heteroatoms. The molecule has 1 aliphatic carbocycles. The molecule has 0 aromatic heterocycles. The highest BCUT2D eigenvalue weighted by atomic mass is 16.7. The van der Waals surface area contributed by atoms with Crippen molar-refractivity contribution >= 4 is 12.0 Å². The molecule has 0 bridgehead atoms. The van der Waals surface area contributed by atoms with Crippen LogP contribution in [0.25, 0.3) is 0 Å². The highest BCUT2D eigenvalue weighted by Crippen LogP contribution is 2.37. The first-order chi connectivity index (χ1) is 8.69. The number of hydrogen-bond donors (Lipinski definition) is 0. The second kappa shape index (κ2) is 5.67. The second-order valence-corrected chi connectivity index (χ2v) is 4.65. The maximum absolute atomic E-state index is 12.3. The maximum Gasteiger partial charge on any atom is 0.416 e. The summed E-state index contributed by atoms with van der Waals surface area (Å²) in [6, 6.07) is 0. The van der Waals surface area contributed by atoms with E-state index in [2.05, 4.69) is 0 Å². The van der Waals surface area contributed by atoms with Crippen LogP contribution in [0.5, 0.6) is 0 Å². The van der Waals surface area contributed by atoms with Gasteiger partial charge in [0, 0.05) is 26.1 Å². The van der Waals surface area contributed by atoms with Crippen LogP contribution >= 0.6 is 0 Å². The van der Waals surface area contributed by atoms with Crippen molar-refractivity contribution in [3.8, 4) is 0 Å². The molecule has 0 aromatic carbocycles. The summed E-state index contributed by atoms with van der Waals surface area (Å²) in [4.78, 5) is 24.9. The van der Waals surface area contributed by atoms with E-state index in [0.717, 1.165) is 19.3 Å². The topological polar surface area (TPSA) is 65.1 Å². The Hall–Kier alpha value is -1.14. The number of cyclic esters (lactones) is 1. The highest BCUT2D eigenvalue weighted by molar-refractivity contribution is 5.94. The Morgan fingerprint density at radius 1 is 1.39 bits per heavy atom. The summed E-state index contributed by atoms with van der Waals surface area (Å²) in [6.07, 6.45) is 1.69. The van der Waals surface area contributed by atoms with Crippen molar-refractivity contribution in [2.24, 2.45) is 11.8 Å². The van der Waals surface area contributed by atoms with Crippen LogP contribution in [0.2, 0.25) is 0 Å². The molecule has 0 N–H and O–H groups in total. The molecule has 18 heavy (non-hydrogen) atoms. The standard InChI is InChI=1S/C12H19NO5/c1-16-11(17-2)9-5-3-4-8(9)10(14)13-6-7-18-12(13)15/h8-9,11H,3-7H2,1-2H3. The van der Waals surface area contributed by atoms with Crippen molar-refractivity contribution in [3.63, 3.8) is 0 Å². The van der Waals surface area contributed by atoms with Gasteiger partial charge in [-0.1, -0.05) is 6.42 Å². The van der Waals surface area contributed by atoms with E-state index in [1.165, 1.54) is 4.90 Å². The molecule has 2 unspecified atom stereocenters. The van der Waals surface area contributed by atoms with Crippen LogP contribution in [0.15, 0.2) is 0 Å². The van der Waals surface area contributed by atoms with Crippen LogP contribution in [-0.4, -0.2) is 50.6 Å². The molecule has 0 radical (unpaired) electrons. The van der Waals surface area contributed by atoms with Crippen molar-refractivity contribution in [1.29, 1.82) is 0 Å². The van der Waals surface area contributed by atoms with E-state index in [4.69, 9.17) is 14.2 Å². The van der Waals surface area contributed by atoms with Crippen molar-refractivity contribution in [2.75, 3.05) is 27.4 Å². The fraction of sp³-hybridized carbons (Fsp3) is 0.833. The van der Waals surface area contributed by atoms with Crippen LogP contribution in [0.3, 0.4) is 0 Å². The molecule has 2 atom stereocenters. The van der Waals surface area contributed by atoms with E-state index in [0.29, 0.717) is 13.2 Å². The highest BCUT2D eigenvalue weighted by Gasteiger charge is 2.43. The van der Waals surface area contributed by atoms with E-state index >= 15 is 0 Å².